The van der Waals surface area contributed by atoms with Crippen molar-refractivity contribution in [1.29, 1.82) is 0 Å². The Kier molecular flexibility index (Phi) is 4.24. The Bertz CT molecular complexity index is 528. The molecule has 4 rings (SSSR count). The Morgan fingerprint density at radius 2 is 2.17 bits per heavy atom. The van der Waals surface area contributed by atoms with Gasteiger partial charge in [-0.05, 0) is 54.4 Å². The first-order valence-electron chi connectivity index (χ1n) is 9.02. The summed E-state index contributed by atoms with van der Waals surface area (Å²) in [6, 6.07) is 0.602. The third-order valence-electron chi connectivity index (χ3n) is 6.06. The Morgan fingerprint density at radius 1 is 1.30 bits per heavy atom. The highest BCUT2D eigenvalue weighted by molar-refractivity contribution is 5.37. The molecule has 1 aromatic rings. The van der Waals surface area contributed by atoms with Gasteiger partial charge in [0, 0.05) is 32.4 Å². The van der Waals surface area contributed by atoms with Crippen LogP contribution in [0.3, 0.4) is 0 Å². The molecule has 3 fully saturated rings. The van der Waals surface area contributed by atoms with Gasteiger partial charge >= 0.3 is 0 Å². The van der Waals surface area contributed by atoms with Gasteiger partial charge in [0.1, 0.15) is 0 Å². The monoisotopic (exact) mass is 321 g/mol. The molecule has 0 aromatic carbocycles. The molecular weight excluding hydrogens is 294 g/mol. The molecule has 0 radical (unpaired) electrons. The molecule has 0 bridgehead atoms. The van der Waals surface area contributed by atoms with Crippen molar-refractivity contribution in [2.45, 2.75) is 51.6 Å². The van der Waals surface area contributed by atoms with Gasteiger partial charge in [0.15, 0.2) is 0 Å². The second kappa shape index (κ2) is 6.36. The van der Waals surface area contributed by atoms with Crippen LogP contribution in [0.2, 0.25) is 0 Å². The number of hydrogen-bond acceptors (Lipinski definition) is 6. The number of fused-ring (bicyclic) bond motifs is 2. The van der Waals surface area contributed by atoms with Crippen LogP contribution >= 0.6 is 0 Å². The zero-order valence-corrected chi connectivity index (χ0v) is 14.0. The summed E-state index contributed by atoms with van der Waals surface area (Å²) in [5, 5.41) is 12.5. The number of anilines is 1. The summed E-state index contributed by atoms with van der Waals surface area (Å²) >= 11 is 0. The van der Waals surface area contributed by atoms with Crippen LogP contribution in [0.15, 0.2) is 0 Å². The average Bonchev–Trinajstić information content (AvgIpc) is 3.27. The molecule has 2 atom stereocenters. The van der Waals surface area contributed by atoms with E-state index in [2.05, 4.69) is 20.4 Å². The van der Waals surface area contributed by atoms with Crippen molar-refractivity contribution in [2.75, 3.05) is 37.9 Å². The van der Waals surface area contributed by atoms with Gasteiger partial charge in [0.05, 0.1) is 13.2 Å². The molecule has 0 unspecified atom stereocenters. The Hall–Kier alpha value is -1.21. The fourth-order valence-corrected chi connectivity index (χ4v) is 4.97. The minimum Gasteiger partial charge on any atom is -0.381 e. The van der Waals surface area contributed by atoms with Crippen LogP contribution in [-0.2, 0) is 16.0 Å². The molecule has 2 saturated heterocycles. The lowest BCUT2D eigenvalue weighted by molar-refractivity contribution is 0.00154. The minimum absolute atomic E-state index is 0.413. The number of nitrogens with zero attached hydrogens (tertiary/aromatic N) is 5. The van der Waals surface area contributed by atoms with E-state index in [4.69, 9.17) is 9.47 Å². The smallest absolute Gasteiger partial charge is 0.245 e. The minimum atomic E-state index is 0.413. The molecule has 1 aromatic heterocycles. The van der Waals surface area contributed by atoms with E-state index < -0.39 is 0 Å². The van der Waals surface area contributed by atoms with E-state index in [1.165, 1.54) is 32.1 Å². The molecular formula is C16H27N5O2. The molecule has 3 aliphatic rings. The molecule has 1 aliphatic carbocycles. The van der Waals surface area contributed by atoms with Crippen molar-refractivity contribution in [3.63, 3.8) is 0 Å². The van der Waals surface area contributed by atoms with Crippen LogP contribution < -0.4 is 4.90 Å². The molecule has 0 N–H and O–H groups in total. The van der Waals surface area contributed by atoms with E-state index in [0.717, 1.165) is 44.8 Å². The highest BCUT2D eigenvalue weighted by Gasteiger charge is 2.55. The first kappa shape index (κ1) is 15.3. The van der Waals surface area contributed by atoms with Crippen LogP contribution in [0.1, 0.15) is 39.0 Å². The predicted molar refractivity (Wildman–Crippen MR) is 85.3 cm³/mol. The van der Waals surface area contributed by atoms with Crippen molar-refractivity contribution in [2.24, 2.45) is 11.3 Å². The summed E-state index contributed by atoms with van der Waals surface area (Å²) in [4.78, 5) is 2.49. The maximum atomic E-state index is 5.64. The summed E-state index contributed by atoms with van der Waals surface area (Å²) in [6.45, 7) is 7.03. The lowest BCUT2D eigenvalue weighted by Crippen LogP contribution is -2.37. The molecule has 3 heterocycles. The summed E-state index contributed by atoms with van der Waals surface area (Å²) in [5.74, 6) is 1.72. The highest BCUT2D eigenvalue weighted by Crippen LogP contribution is 2.54. The molecule has 128 valence electrons. The SMILES string of the molecule is CCOCCn1nnnc1N1CC2(CCOCC2)[C@@H]2CCC[C@@H]21. The number of ether oxygens (including phenoxy) is 2. The van der Waals surface area contributed by atoms with Crippen LogP contribution in [-0.4, -0.2) is 59.2 Å². The highest BCUT2D eigenvalue weighted by atomic mass is 16.5. The first-order valence-corrected chi connectivity index (χ1v) is 9.02. The summed E-state index contributed by atoms with van der Waals surface area (Å²) < 4.78 is 13.0. The van der Waals surface area contributed by atoms with Crippen molar-refractivity contribution >= 4 is 5.95 Å². The van der Waals surface area contributed by atoms with Gasteiger partial charge in [-0.3, -0.25) is 0 Å². The lowest BCUT2D eigenvalue weighted by atomic mass is 9.71. The van der Waals surface area contributed by atoms with Crippen LogP contribution in [0.5, 0.6) is 0 Å². The summed E-state index contributed by atoms with van der Waals surface area (Å²) in [6.07, 6.45) is 6.32. The number of aromatic nitrogens is 4. The van der Waals surface area contributed by atoms with Crippen LogP contribution in [0.25, 0.3) is 0 Å². The van der Waals surface area contributed by atoms with Gasteiger partial charge in [-0.2, -0.15) is 0 Å². The topological polar surface area (TPSA) is 65.3 Å². The second-order valence-electron chi connectivity index (χ2n) is 7.11. The third-order valence-corrected chi connectivity index (χ3v) is 6.06. The quantitative estimate of drug-likeness (QED) is 0.766. The van der Waals surface area contributed by atoms with E-state index in [9.17, 15) is 0 Å². The third kappa shape index (κ3) is 2.63. The fourth-order valence-electron chi connectivity index (χ4n) is 4.97. The van der Waals surface area contributed by atoms with E-state index in [1.54, 1.807) is 0 Å². The van der Waals surface area contributed by atoms with Gasteiger partial charge in [-0.15, -0.1) is 0 Å². The Balaban J connectivity index is 1.56. The number of tetrazole rings is 1. The first-order chi connectivity index (χ1) is 11.3. The summed E-state index contributed by atoms with van der Waals surface area (Å²) in [7, 11) is 0. The van der Waals surface area contributed by atoms with Crippen molar-refractivity contribution in [3.8, 4) is 0 Å². The van der Waals surface area contributed by atoms with Crippen molar-refractivity contribution in [1.82, 2.24) is 20.2 Å². The van der Waals surface area contributed by atoms with E-state index in [-0.39, 0.29) is 0 Å². The molecule has 2 aliphatic heterocycles. The van der Waals surface area contributed by atoms with E-state index >= 15 is 0 Å². The fraction of sp³-hybridized carbons (Fsp3) is 0.938. The second-order valence-corrected chi connectivity index (χ2v) is 7.11. The predicted octanol–water partition coefficient (Wildman–Crippen LogP) is 1.50. The van der Waals surface area contributed by atoms with Crippen molar-refractivity contribution < 1.29 is 9.47 Å². The van der Waals surface area contributed by atoms with Gasteiger partial charge in [-0.25, -0.2) is 4.68 Å². The van der Waals surface area contributed by atoms with E-state index in [0.29, 0.717) is 18.1 Å². The molecule has 7 nitrogen and oxygen atoms in total. The lowest BCUT2D eigenvalue weighted by Gasteiger charge is -2.37. The van der Waals surface area contributed by atoms with Crippen LogP contribution in [0, 0.1) is 11.3 Å². The summed E-state index contributed by atoms with van der Waals surface area (Å²) in [5.41, 5.74) is 0.413. The average molecular weight is 321 g/mol. The Morgan fingerprint density at radius 3 is 3.00 bits per heavy atom. The molecule has 1 spiro atoms. The van der Waals surface area contributed by atoms with Crippen LogP contribution in [0.4, 0.5) is 5.95 Å². The van der Waals surface area contributed by atoms with Crippen molar-refractivity contribution in [3.05, 3.63) is 0 Å². The maximum absolute atomic E-state index is 5.64. The number of hydrogen-bond donors (Lipinski definition) is 0. The molecule has 7 heteroatoms. The number of rotatable bonds is 5. The molecule has 23 heavy (non-hydrogen) atoms. The normalized spacial score (nSPS) is 29.3. The zero-order chi connectivity index (χ0) is 15.7. The van der Waals surface area contributed by atoms with Gasteiger partial charge in [0.25, 0.3) is 0 Å². The Labute approximate surface area is 137 Å². The largest absolute Gasteiger partial charge is 0.381 e. The molecule has 0 amide bonds. The molecule has 1 saturated carbocycles. The van der Waals surface area contributed by atoms with Gasteiger partial charge in [-0.1, -0.05) is 11.5 Å². The zero-order valence-electron chi connectivity index (χ0n) is 14.0. The maximum Gasteiger partial charge on any atom is 0.245 e. The van der Waals surface area contributed by atoms with Gasteiger partial charge < -0.3 is 14.4 Å². The van der Waals surface area contributed by atoms with E-state index in [1.807, 2.05) is 11.6 Å². The van der Waals surface area contributed by atoms with Gasteiger partial charge in [0.2, 0.25) is 5.95 Å². The standard InChI is InChI=1S/C16H27N5O2/c1-2-22-11-8-21-15(17-18-19-21)20-12-16(6-9-23-10-7-16)13-4-3-5-14(13)20/h13-14H,2-12H2,1H3/t13-,14+/m1/s1.